The van der Waals surface area contributed by atoms with E-state index >= 15 is 0 Å². The van der Waals surface area contributed by atoms with Gasteiger partial charge in [0.2, 0.25) is 5.88 Å². The van der Waals surface area contributed by atoms with Crippen molar-refractivity contribution in [3.05, 3.63) is 46.8 Å². The fourth-order valence-corrected chi connectivity index (χ4v) is 3.07. The van der Waals surface area contributed by atoms with Gasteiger partial charge < -0.3 is 9.52 Å². The highest BCUT2D eigenvalue weighted by molar-refractivity contribution is 9.10. The minimum Gasteiger partial charge on any atom is -0.493 e. The number of hydrogen-bond acceptors (Lipinski definition) is 5. The van der Waals surface area contributed by atoms with Crippen molar-refractivity contribution < 1.29 is 14.3 Å². The molecular formula is C18H19BrN4O3. The fourth-order valence-electron chi connectivity index (χ4n) is 2.71. The first-order valence-electron chi connectivity index (χ1n) is 8.27. The van der Waals surface area contributed by atoms with E-state index in [0.29, 0.717) is 12.1 Å². The Kier molecular flexibility index (Phi) is 5.53. The standard InChI is InChI=1S/C18H19BrN4O3/c1-3-22(4-2)11-23-14-8-7-12(19)10-13(14)16(18(23)25)20-21-17(24)15-6-5-9-26-15/h5-10,25H,3-4,11H2,1-2H3. The lowest BCUT2D eigenvalue weighted by atomic mass is 10.2. The summed E-state index contributed by atoms with van der Waals surface area (Å²) in [5.74, 6) is -0.531. The average molecular weight is 419 g/mol. The molecule has 0 bridgehead atoms. The van der Waals surface area contributed by atoms with Crippen LogP contribution in [0.2, 0.25) is 0 Å². The van der Waals surface area contributed by atoms with Gasteiger partial charge in [0.05, 0.1) is 18.4 Å². The van der Waals surface area contributed by atoms with Crippen molar-refractivity contribution in [2.24, 2.45) is 10.2 Å². The van der Waals surface area contributed by atoms with E-state index in [4.69, 9.17) is 4.42 Å². The van der Waals surface area contributed by atoms with Crippen molar-refractivity contribution in [1.29, 1.82) is 0 Å². The molecule has 0 saturated heterocycles. The molecule has 0 saturated carbocycles. The molecule has 3 aromatic rings. The number of furan rings is 1. The lowest BCUT2D eigenvalue weighted by Crippen LogP contribution is -2.25. The van der Waals surface area contributed by atoms with E-state index < -0.39 is 5.91 Å². The van der Waals surface area contributed by atoms with Gasteiger partial charge in [0, 0.05) is 9.86 Å². The van der Waals surface area contributed by atoms with Gasteiger partial charge in [0.25, 0.3) is 0 Å². The number of carbonyl (C=O) groups excluding carboxylic acids is 1. The highest BCUT2D eigenvalue weighted by Crippen LogP contribution is 2.40. The lowest BCUT2D eigenvalue weighted by Gasteiger charge is -2.20. The van der Waals surface area contributed by atoms with Gasteiger partial charge in [-0.05, 0) is 43.4 Å². The summed E-state index contributed by atoms with van der Waals surface area (Å²) in [7, 11) is 0. The molecule has 0 atom stereocenters. The van der Waals surface area contributed by atoms with Crippen molar-refractivity contribution in [2.75, 3.05) is 13.1 Å². The normalized spacial score (nSPS) is 11.8. The zero-order valence-corrected chi connectivity index (χ0v) is 16.1. The summed E-state index contributed by atoms with van der Waals surface area (Å²) in [6.07, 6.45) is 1.40. The summed E-state index contributed by atoms with van der Waals surface area (Å²) < 4.78 is 7.63. The monoisotopic (exact) mass is 418 g/mol. The third-order valence-corrected chi connectivity index (χ3v) is 4.67. The summed E-state index contributed by atoms with van der Waals surface area (Å²) >= 11 is 3.43. The van der Waals surface area contributed by atoms with Crippen LogP contribution in [-0.4, -0.2) is 33.6 Å². The number of carbonyl (C=O) groups is 1. The number of hydrogen-bond donors (Lipinski definition) is 1. The van der Waals surface area contributed by atoms with Crippen LogP contribution >= 0.6 is 15.9 Å². The van der Waals surface area contributed by atoms with Crippen LogP contribution in [0.4, 0.5) is 5.69 Å². The number of rotatable bonds is 6. The van der Waals surface area contributed by atoms with Crippen LogP contribution in [0.1, 0.15) is 24.4 Å². The number of benzene rings is 1. The maximum absolute atomic E-state index is 12.0. The van der Waals surface area contributed by atoms with E-state index in [1.165, 1.54) is 12.3 Å². The smallest absolute Gasteiger partial charge is 0.331 e. The predicted molar refractivity (Wildman–Crippen MR) is 102 cm³/mol. The molecule has 1 aromatic carbocycles. The van der Waals surface area contributed by atoms with Gasteiger partial charge in [-0.1, -0.05) is 29.8 Å². The third kappa shape index (κ3) is 3.56. The Morgan fingerprint density at radius 3 is 2.73 bits per heavy atom. The van der Waals surface area contributed by atoms with Gasteiger partial charge in [-0.15, -0.1) is 10.2 Å². The average Bonchev–Trinajstić information content (AvgIpc) is 3.25. The first kappa shape index (κ1) is 18.3. The van der Waals surface area contributed by atoms with Crippen LogP contribution in [0.3, 0.4) is 0 Å². The highest BCUT2D eigenvalue weighted by atomic mass is 79.9. The molecule has 7 nitrogen and oxygen atoms in total. The minimum atomic E-state index is -0.603. The molecule has 0 radical (unpaired) electrons. The van der Waals surface area contributed by atoms with Gasteiger partial charge in [0.15, 0.2) is 11.4 Å². The molecule has 0 spiro atoms. The number of aromatic nitrogens is 1. The highest BCUT2D eigenvalue weighted by Gasteiger charge is 2.19. The van der Waals surface area contributed by atoms with Crippen LogP contribution < -0.4 is 0 Å². The first-order chi connectivity index (χ1) is 12.5. The summed E-state index contributed by atoms with van der Waals surface area (Å²) in [5.41, 5.74) is 1.07. The number of aromatic hydroxyl groups is 1. The first-order valence-corrected chi connectivity index (χ1v) is 9.07. The van der Waals surface area contributed by atoms with Gasteiger partial charge in [-0.2, -0.15) is 0 Å². The molecule has 0 aliphatic carbocycles. The molecule has 0 aliphatic rings. The zero-order valence-electron chi connectivity index (χ0n) is 14.5. The van der Waals surface area contributed by atoms with E-state index in [2.05, 4.69) is 44.9 Å². The second-order valence-electron chi connectivity index (χ2n) is 5.69. The van der Waals surface area contributed by atoms with Crippen LogP contribution in [0, 0.1) is 0 Å². The molecule has 1 amide bonds. The number of fused-ring (bicyclic) bond motifs is 1. The quantitative estimate of drug-likeness (QED) is 0.575. The Labute approximate surface area is 159 Å². The molecule has 2 aromatic heterocycles. The lowest BCUT2D eigenvalue weighted by molar-refractivity contribution is 0.0968. The summed E-state index contributed by atoms with van der Waals surface area (Å²) in [5, 5.41) is 19.1. The zero-order chi connectivity index (χ0) is 18.7. The molecular weight excluding hydrogens is 400 g/mol. The predicted octanol–water partition coefficient (Wildman–Crippen LogP) is 4.93. The van der Waals surface area contributed by atoms with Gasteiger partial charge in [0.1, 0.15) is 0 Å². The molecule has 1 N–H and O–H groups in total. The third-order valence-electron chi connectivity index (χ3n) is 4.18. The van der Waals surface area contributed by atoms with Crippen LogP contribution in [0.15, 0.2) is 55.7 Å². The number of amides is 1. The minimum absolute atomic E-state index is 0.0269. The molecule has 136 valence electrons. The topological polar surface area (TPSA) is 83.3 Å². The van der Waals surface area contributed by atoms with Crippen molar-refractivity contribution in [3.8, 4) is 5.88 Å². The largest absolute Gasteiger partial charge is 0.493 e. The van der Waals surface area contributed by atoms with Crippen molar-refractivity contribution >= 4 is 38.4 Å². The van der Waals surface area contributed by atoms with Gasteiger partial charge in [-0.25, -0.2) is 0 Å². The molecule has 2 heterocycles. The molecule has 3 rings (SSSR count). The Bertz CT molecular complexity index is 943. The maximum Gasteiger partial charge on any atom is 0.331 e. The van der Waals surface area contributed by atoms with Gasteiger partial charge >= 0.3 is 5.91 Å². The second-order valence-corrected chi connectivity index (χ2v) is 6.60. The summed E-state index contributed by atoms with van der Waals surface area (Å²) in [4.78, 5) is 14.2. The molecule has 0 unspecified atom stereocenters. The maximum atomic E-state index is 12.0. The SMILES string of the molecule is CCN(CC)Cn1c(O)c(N=NC(=O)c2ccco2)c2cc(Br)ccc21. The Morgan fingerprint density at radius 2 is 2.08 bits per heavy atom. The van der Waals surface area contributed by atoms with Crippen LogP contribution in [-0.2, 0) is 6.67 Å². The van der Waals surface area contributed by atoms with Gasteiger partial charge in [-0.3, -0.25) is 14.3 Å². The fraction of sp³-hybridized carbons (Fsp3) is 0.278. The van der Waals surface area contributed by atoms with Crippen LogP contribution in [0.5, 0.6) is 5.88 Å². The Hall–Kier alpha value is -2.45. The molecule has 26 heavy (non-hydrogen) atoms. The van der Waals surface area contributed by atoms with E-state index in [9.17, 15) is 9.90 Å². The van der Waals surface area contributed by atoms with Crippen molar-refractivity contribution in [1.82, 2.24) is 9.47 Å². The molecule has 8 heteroatoms. The van der Waals surface area contributed by atoms with E-state index in [-0.39, 0.29) is 17.3 Å². The molecule has 0 aliphatic heterocycles. The van der Waals surface area contributed by atoms with E-state index in [1.54, 1.807) is 10.6 Å². The number of halogens is 1. The van der Waals surface area contributed by atoms with E-state index in [0.717, 1.165) is 23.1 Å². The van der Waals surface area contributed by atoms with Crippen LogP contribution in [0.25, 0.3) is 10.9 Å². The Balaban J connectivity index is 2.05. The van der Waals surface area contributed by atoms with E-state index in [1.807, 2.05) is 18.2 Å². The van der Waals surface area contributed by atoms with Crippen molar-refractivity contribution in [2.45, 2.75) is 20.5 Å². The van der Waals surface area contributed by atoms with Crippen molar-refractivity contribution in [3.63, 3.8) is 0 Å². The number of nitrogens with zero attached hydrogens (tertiary/aromatic N) is 4. The second kappa shape index (κ2) is 7.84. The number of azo groups is 1. The Morgan fingerprint density at radius 1 is 1.31 bits per heavy atom. The summed E-state index contributed by atoms with van der Waals surface area (Å²) in [6.45, 7) is 6.33. The summed E-state index contributed by atoms with van der Waals surface area (Å²) in [6, 6.07) is 8.76. The molecule has 0 fully saturated rings.